The van der Waals surface area contributed by atoms with Crippen molar-refractivity contribution in [2.45, 2.75) is 19.8 Å². The summed E-state index contributed by atoms with van der Waals surface area (Å²) in [6, 6.07) is 5.36. The summed E-state index contributed by atoms with van der Waals surface area (Å²) in [5, 5.41) is 3.55. The minimum atomic E-state index is -0.135. The molecule has 1 aromatic carbocycles. The van der Waals surface area contributed by atoms with E-state index in [2.05, 4.69) is 17.2 Å². The van der Waals surface area contributed by atoms with Crippen LogP contribution in [0.15, 0.2) is 24.4 Å². The molecule has 1 amide bonds. The second-order valence-electron chi connectivity index (χ2n) is 4.20. The van der Waals surface area contributed by atoms with E-state index in [9.17, 15) is 9.59 Å². The van der Waals surface area contributed by atoms with Crippen LogP contribution in [0.3, 0.4) is 0 Å². The van der Waals surface area contributed by atoms with E-state index in [1.54, 1.807) is 18.3 Å². The van der Waals surface area contributed by atoms with Gasteiger partial charge in [0.05, 0.1) is 5.56 Å². The molecular formula is C14H16N2O2. The van der Waals surface area contributed by atoms with Crippen molar-refractivity contribution in [1.82, 2.24) is 10.3 Å². The number of hydrogen-bond acceptors (Lipinski definition) is 2. The molecule has 0 spiro atoms. The van der Waals surface area contributed by atoms with Crippen molar-refractivity contribution in [3.8, 4) is 0 Å². The molecule has 0 fully saturated rings. The van der Waals surface area contributed by atoms with Crippen LogP contribution >= 0.6 is 0 Å². The number of H-pyrrole nitrogens is 1. The van der Waals surface area contributed by atoms with Gasteiger partial charge in [0.2, 0.25) is 0 Å². The van der Waals surface area contributed by atoms with E-state index in [4.69, 9.17) is 0 Å². The first-order chi connectivity index (χ1) is 8.77. The number of nitrogens with one attached hydrogen (secondary N) is 2. The average molecular weight is 244 g/mol. The Hall–Kier alpha value is -2.10. The van der Waals surface area contributed by atoms with Crippen molar-refractivity contribution in [3.63, 3.8) is 0 Å². The predicted molar refractivity (Wildman–Crippen MR) is 70.9 cm³/mol. The number of rotatable bonds is 5. The van der Waals surface area contributed by atoms with Gasteiger partial charge in [-0.05, 0) is 12.5 Å². The summed E-state index contributed by atoms with van der Waals surface area (Å²) in [4.78, 5) is 26.0. The molecule has 2 N–H and O–H groups in total. The van der Waals surface area contributed by atoms with Crippen LogP contribution in [0.2, 0.25) is 0 Å². The molecule has 1 aromatic heterocycles. The maximum atomic E-state index is 12.0. The van der Waals surface area contributed by atoms with E-state index in [1.807, 2.05) is 6.07 Å². The van der Waals surface area contributed by atoms with Crippen LogP contribution in [-0.4, -0.2) is 23.7 Å². The van der Waals surface area contributed by atoms with E-state index >= 15 is 0 Å². The Morgan fingerprint density at radius 2 is 2.28 bits per heavy atom. The summed E-state index contributed by atoms with van der Waals surface area (Å²) < 4.78 is 0. The molecule has 2 aromatic rings. The number of unbranched alkanes of at least 4 members (excludes halogenated alkanes) is 1. The molecular weight excluding hydrogens is 228 g/mol. The van der Waals surface area contributed by atoms with Crippen molar-refractivity contribution >= 4 is 23.1 Å². The number of amides is 1. The van der Waals surface area contributed by atoms with Gasteiger partial charge in [0.25, 0.3) is 5.91 Å². The lowest BCUT2D eigenvalue weighted by Gasteiger charge is -2.03. The van der Waals surface area contributed by atoms with Gasteiger partial charge in [-0.2, -0.15) is 0 Å². The van der Waals surface area contributed by atoms with Gasteiger partial charge in [0, 0.05) is 29.2 Å². The number of carbonyl (C=O) groups excluding carboxylic acids is 2. The number of benzene rings is 1. The molecule has 18 heavy (non-hydrogen) atoms. The fraction of sp³-hybridized carbons (Fsp3) is 0.286. The second kappa shape index (κ2) is 5.49. The fourth-order valence-electron chi connectivity index (χ4n) is 1.96. The van der Waals surface area contributed by atoms with E-state index < -0.39 is 0 Å². The van der Waals surface area contributed by atoms with E-state index in [1.165, 1.54) is 0 Å². The maximum absolute atomic E-state index is 12.0. The summed E-state index contributed by atoms with van der Waals surface area (Å²) in [5.41, 5.74) is 1.87. The number of aromatic nitrogens is 1. The lowest BCUT2D eigenvalue weighted by molar-refractivity contribution is 0.0955. The van der Waals surface area contributed by atoms with Gasteiger partial charge in [-0.1, -0.05) is 25.5 Å². The summed E-state index contributed by atoms with van der Waals surface area (Å²) in [6.07, 6.45) is 4.42. The number of fused-ring (bicyclic) bond motifs is 1. The van der Waals surface area contributed by atoms with E-state index in [0.29, 0.717) is 23.1 Å². The summed E-state index contributed by atoms with van der Waals surface area (Å²) >= 11 is 0. The number of carbonyl (C=O) groups is 2. The molecule has 2 rings (SSSR count). The van der Waals surface area contributed by atoms with Crippen molar-refractivity contribution in [2.24, 2.45) is 0 Å². The Morgan fingerprint density at radius 1 is 1.44 bits per heavy atom. The third kappa shape index (κ3) is 2.27. The Bertz CT molecular complexity index is 572. The minimum Gasteiger partial charge on any atom is -0.360 e. The summed E-state index contributed by atoms with van der Waals surface area (Å²) in [6.45, 7) is 2.73. The first-order valence-electron chi connectivity index (χ1n) is 6.11. The van der Waals surface area contributed by atoms with Crippen LogP contribution < -0.4 is 5.32 Å². The van der Waals surface area contributed by atoms with Crippen LogP contribution in [0, 0.1) is 0 Å². The maximum Gasteiger partial charge on any atom is 0.253 e. The van der Waals surface area contributed by atoms with Gasteiger partial charge in [0.1, 0.15) is 0 Å². The summed E-state index contributed by atoms with van der Waals surface area (Å²) in [7, 11) is 0. The highest BCUT2D eigenvalue weighted by Gasteiger charge is 2.14. The van der Waals surface area contributed by atoms with Gasteiger partial charge < -0.3 is 10.3 Å². The second-order valence-corrected chi connectivity index (χ2v) is 4.20. The molecule has 1 heterocycles. The first-order valence-corrected chi connectivity index (χ1v) is 6.11. The highest BCUT2D eigenvalue weighted by molar-refractivity contribution is 6.11. The molecule has 0 radical (unpaired) electrons. The Kier molecular flexibility index (Phi) is 3.77. The topological polar surface area (TPSA) is 62.0 Å². The normalized spacial score (nSPS) is 10.5. The van der Waals surface area contributed by atoms with Crippen LogP contribution in [0.4, 0.5) is 0 Å². The van der Waals surface area contributed by atoms with Gasteiger partial charge in [-0.15, -0.1) is 0 Å². The molecule has 0 bridgehead atoms. The Morgan fingerprint density at radius 3 is 3.00 bits per heavy atom. The molecule has 0 aliphatic heterocycles. The van der Waals surface area contributed by atoms with E-state index in [0.717, 1.165) is 24.6 Å². The third-order valence-electron chi connectivity index (χ3n) is 2.93. The zero-order chi connectivity index (χ0) is 13.0. The Labute approximate surface area is 105 Å². The molecule has 4 heteroatoms. The monoisotopic (exact) mass is 244 g/mol. The smallest absolute Gasteiger partial charge is 0.253 e. The molecule has 0 saturated carbocycles. The average Bonchev–Trinajstić information content (AvgIpc) is 2.82. The molecule has 0 atom stereocenters. The quantitative estimate of drug-likeness (QED) is 0.627. The Balaban J connectivity index is 2.33. The van der Waals surface area contributed by atoms with Crippen molar-refractivity contribution in [2.75, 3.05) is 6.54 Å². The summed E-state index contributed by atoms with van der Waals surface area (Å²) in [5.74, 6) is -0.135. The lowest BCUT2D eigenvalue weighted by atomic mass is 10.1. The zero-order valence-electron chi connectivity index (χ0n) is 10.3. The first kappa shape index (κ1) is 12.4. The number of aldehydes is 1. The number of aromatic amines is 1. The molecule has 0 aliphatic carbocycles. The van der Waals surface area contributed by atoms with Gasteiger partial charge >= 0.3 is 0 Å². The molecule has 0 saturated heterocycles. The molecule has 0 aliphatic rings. The lowest BCUT2D eigenvalue weighted by Crippen LogP contribution is -2.24. The predicted octanol–water partition coefficient (Wildman–Crippen LogP) is 2.51. The van der Waals surface area contributed by atoms with Crippen molar-refractivity contribution < 1.29 is 9.59 Å². The molecule has 0 unspecified atom stereocenters. The van der Waals surface area contributed by atoms with Crippen LogP contribution in [0.1, 0.15) is 40.5 Å². The highest BCUT2D eigenvalue weighted by atomic mass is 16.1. The third-order valence-corrected chi connectivity index (χ3v) is 2.93. The van der Waals surface area contributed by atoms with Gasteiger partial charge in [0.15, 0.2) is 6.29 Å². The van der Waals surface area contributed by atoms with Gasteiger partial charge in [-0.3, -0.25) is 9.59 Å². The number of hydrogen-bond donors (Lipinski definition) is 2. The standard InChI is InChI=1S/C14H16N2O2/c1-2-3-7-15-14(18)11-8-16-12-6-4-5-10(9-17)13(11)12/h4-6,8-9,16H,2-3,7H2,1H3,(H,15,18). The van der Waals surface area contributed by atoms with Crippen LogP contribution in [-0.2, 0) is 0 Å². The van der Waals surface area contributed by atoms with Crippen LogP contribution in [0.25, 0.3) is 10.9 Å². The largest absolute Gasteiger partial charge is 0.360 e. The minimum absolute atomic E-state index is 0.135. The van der Waals surface area contributed by atoms with Gasteiger partial charge in [-0.25, -0.2) is 0 Å². The SMILES string of the molecule is CCCCNC(=O)c1c[nH]c2cccc(C=O)c12. The molecule has 94 valence electrons. The van der Waals surface area contributed by atoms with Crippen LogP contribution in [0.5, 0.6) is 0 Å². The highest BCUT2D eigenvalue weighted by Crippen LogP contribution is 2.21. The van der Waals surface area contributed by atoms with E-state index in [-0.39, 0.29) is 5.91 Å². The van der Waals surface area contributed by atoms with Crippen molar-refractivity contribution in [1.29, 1.82) is 0 Å². The zero-order valence-corrected chi connectivity index (χ0v) is 10.3. The van der Waals surface area contributed by atoms with Crippen molar-refractivity contribution in [3.05, 3.63) is 35.5 Å². The fourth-order valence-corrected chi connectivity index (χ4v) is 1.96. The molecule has 4 nitrogen and oxygen atoms in total.